The predicted molar refractivity (Wildman–Crippen MR) is 113 cm³/mol. The van der Waals surface area contributed by atoms with Crippen LogP contribution in [0.3, 0.4) is 0 Å². The lowest BCUT2D eigenvalue weighted by atomic mass is 10.1. The molecule has 28 heavy (non-hydrogen) atoms. The van der Waals surface area contributed by atoms with Gasteiger partial charge in [0.25, 0.3) is 0 Å². The molecular weight excluding hydrogens is 378 g/mol. The highest BCUT2D eigenvalue weighted by atomic mass is 35.5. The highest BCUT2D eigenvalue weighted by Crippen LogP contribution is 2.35. The third kappa shape index (κ3) is 5.14. The normalized spacial score (nSPS) is 11.8. The number of methoxy groups -OCH3 is 1. The molecule has 0 saturated carbocycles. The van der Waals surface area contributed by atoms with Crippen LogP contribution in [-0.2, 0) is 4.74 Å². The lowest BCUT2D eigenvalue weighted by Crippen LogP contribution is -2.31. The predicted octanol–water partition coefficient (Wildman–Crippen LogP) is 4.65. The summed E-state index contributed by atoms with van der Waals surface area (Å²) in [6.07, 6.45) is 0.883. The first-order valence-electron chi connectivity index (χ1n) is 9.26. The van der Waals surface area contributed by atoms with Crippen LogP contribution >= 0.6 is 11.6 Å². The van der Waals surface area contributed by atoms with Gasteiger partial charge in [-0.3, -0.25) is 0 Å². The second-order valence-corrected chi connectivity index (χ2v) is 7.20. The molecule has 0 aliphatic carbocycles. The van der Waals surface area contributed by atoms with Crippen molar-refractivity contribution in [3.05, 3.63) is 45.6 Å². The lowest BCUT2D eigenvalue weighted by Gasteiger charge is -2.22. The molecule has 1 unspecified atom stereocenters. The van der Waals surface area contributed by atoms with E-state index in [0.717, 1.165) is 29.8 Å². The van der Waals surface area contributed by atoms with E-state index in [1.165, 1.54) is 7.11 Å². The smallest absolute Gasteiger partial charge is 0.345 e. The zero-order chi connectivity index (χ0) is 20.8. The van der Waals surface area contributed by atoms with E-state index in [9.17, 15) is 4.79 Å². The molecule has 6 nitrogen and oxygen atoms in total. The number of hydrogen-bond acceptors (Lipinski definition) is 6. The van der Waals surface area contributed by atoms with Crippen LogP contribution < -0.4 is 15.4 Å². The molecule has 7 heteroatoms. The van der Waals surface area contributed by atoms with Gasteiger partial charge in [0, 0.05) is 23.3 Å². The molecule has 0 fully saturated rings. The van der Waals surface area contributed by atoms with E-state index in [4.69, 9.17) is 21.1 Å². The van der Waals surface area contributed by atoms with Crippen LogP contribution in [-0.4, -0.2) is 37.7 Å². The molecule has 2 aromatic rings. The number of ether oxygens (including phenoxy) is 2. The molecule has 0 aliphatic rings. The monoisotopic (exact) mass is 405 g/mol. The van der Waals surface area contributed by atoms with Crippen molar-refractivity contribution in [2.45, 2.75) is 40.2 Å². The topological polar surface area (TPSA) is 72.5 Å². The fourth-order valence-corrected chi connectivity index (χ4v) is 3.38. The molecule has 0 saturated heterocycles. The molecule has 1 heterocycles. The number of carbonyl (C=O) groups is 1. The Kier molecular flexibility index (Phi) is 7.66. The minimum Gasteiger partial charge on any atom is -0.465 e. The van der Waals surface area contributed by atoms with E-state index in [0.29, 0.717) is 16.5 Å². The molecule has 0 bridgehead atoms. The second kappa shape index (κ2) is 9.75. The van der Waals surface area contributed by atoms with E-state index in [1.807, 2.05) is 46.0 Å². The van der Waals surface area contributed by atoms with Gasteiger partial charge in [0.1, 0.15) is 11.3 Å². The van der Waals surface area contributed by atoms with Gasteiger partial charge in [0.15, 0.2) is 0 Å². The Morgan fingerprint density at radius 1 is 1.21 bits per heavy atom. The molecule has 2 N–H and O–H groups in total. The van der Waals surface area contributed by atoms with Gasteiger partial charge in [0.05, 0.1) is 12.8 Å². The van der Waals surface area contributed by atoms with Gasteiger partial charge in [-0.2, -0.15) is 0 Å². The summed E-state index contributed by atoms with van der Waals surface area (Å²) in [6, 6.07) is 5.61. The first-order chi connectivity index (χ1) is 13.3. The number of aromatic nitrogens is 1. The summed E-state index contributed by atoms with van der Waals surface area (Å²) in [5.74, 6) is 0.330. The van der Waals surface area contributed by atoms with Crippen molar-refractivity contribution in [1.82, 2.24) is 10.3 Å². The minimum atomic E-state index is -0.506. The zero-order valence-electron chi connectivity index (χ0n) is 17.3. The minimum absolute atomic E-state index is 0.141. The highest BCUT2D eigenvalue weighted by molar-refractivity contribution is 6.30. The Balaban J connectivity index is 2.56. The Bertz CT molecular complexity index is 832. The number of benzene rings is 1. The Morgan fingerprint density at radius 3 is 2.39 bits per heavy atom. The average Bonchev–Trinajstić information content (AvgIpc) is 2.63. The number of halogens is 1. The van der Waals surface area contributed by atoms with Crippen LogP contribution in [0.25, 0.3) is 0 Å². The van der Waals surface area contributed by atoms with Gasteiger partial charge >= 0.3 is 5.97 Å². The van der Waals surface area contributed by atoms with E-state index >= 15 is 0 Å². The third-order valence-corrected chi connectivity index (χ3v) is 4.65. The lowest BCUT2D eigenvalue weighted by molar-refractivity contribution is 0.0598. The van der Waals surface area contributed by atoms with Crippen molar-refractivity contribution >= 4 is 23.3 Å². The van der Waals surface area contributed by atoms with E-state index in [2.05, 4.69) is 22.5 Å². The number of likely N-dealkylation sites (N-methyl/N-ethyl adjacent to an activating group) is 1. The van der Waals surface area contributed by atoms with Gasteiger partial charge < -0.3 is 20.1 Å². The largest absolute Gasteiger partial charge is 0.465 e. The number of pyridine rings is 1. The van der Waals surface area contributed by atoms with Crippen LogP contribution in [0.4, 0.5) is 5.69 Å². The molecule has 0 radical (unpaired) electrons. The van der Waals surface area contributed by atoms with E-state index in [-0.39, 0.29) is 17.5 Å². The van der Waals surface area contributed by atoms with Crippen LogP contribution in [0.1, 0.15) is 40.5 Å². The van der Waals surface area contributed by atoms with Crippen molar-refractivity contribution in [3.8, 4) is 11.6 Å². The SMILES string of the molecule is CCC(CNC)Nc1cc(C)nc(Oc2c(C)cc(Cl)cc2C)c1C(=O)OC. The first kappa shape index (κ1) is 22.0. The van der Waals surface area contributed by atoms with Crippen molar-refractivity contribution < 1.29 is 14.3 Å². The summed E-state index contributed by atoms with van der Waals surface area (Å²) >= 11 is 6.12. The number of carbonyl (C=O) groups excluding carboxylic acids is 1. The van der Waals surface area contributed by atoms with Gasteiger partial charge in [-0.05, 0) is 63.6 Å². The maximum atomic E-state index is 12.6. The van der Waals surface area contributed by atoms with E-state index in [1.54, 1.807) is 0 Å². The summed E-state index contributed by atoms with van der Waals surface area (Å²) in [7, 11) is 3.24. The number of rotatable bonds is 8. The maximum Gasteiger partial charge on any atom is 0.345 e. The molecule has 1 atom stereocenters. The number of nitrogens with zero attached hydrogens (tertiary/aromatic N) is 1. The van der Waals surface area contributed by atoms with Crippen molar-refractivity contribution in [3.63, 3.8) is 0 Å². The third-order valence-electron chi connectivity index (χ3n) is 4.43. The number of hydrogen-bond donors (Lipinski definition) is 2. The Morgan fingerprint density at radius 2 is 1.86 bits per heavy atom. The summed E-state index contributed by atoms with van der Waals surface area (Å²) in [5, 5.41) is 7.20. The molecule has 1 aromatic carbocycles. The fourth-order valence-electron chi connectivity index (χ4n) is 3.05. The van der Waals surface area contributed by atoms with Crippen LogP contribution in [0.15, 0.2) is 18.2 Å². The van der Waals surface area contributed by atoms with Crippen LogP contribution in [0, 0.1) is 20.8 Å². The van der Waals surface area contributed by atoms with Crippen molar-refractivity contribution in [1.29, 1.82) is 0 Å². The Hall–Kier alpha value is -2.31. The first-order valence-corrected chi connectivity index (χ1v) is 9.64. The average molecular weight is 406 g/mol. The van der Waals surface area contributed by atoms with Gasteiger partial charge in [0.2, 0.25) is 5.88 Å². The molecule has 0 aliphatic heterocycles. The van der Waals surface area contributed by atoms with Gasteiger partial charge in [-0.15, -0.1) is 0 Å². The number of esters is 1. The second-order valence-electron chi connectivity index (χ2n) is 6.76. The van der Waals surface area contributed by atoms with E-state index < -0.39 is 5.97 Å². The number of nitrogens with one attached hydrogen (secondary N) is 2. The van der Waals surface area contributed by atoms with Crippen LogP contribution in [0.2, 0.25) is 5.02 Å². The van der Waals surface area contributed by atoms with Crippen LogP contribution in [0.5, 0.6) is 11.6 Å². The molecule has 152 valence electrons. The molecule has 1 aromatic heterocycles. The zero-order valence-corrected chi connectivity index (χ0v) is 18.0. The van der Waals surface area contributed by atoms with Gasteiger partial charge in [-0.1, -0.05) is 18.5 Å². The molecule has 0 spiro atoms. The summed E-state index contributed by atoms with van der Waals surface area (Å²) in [4.78, 5) is 17.1. The number of aryl methyl sites for hydroxylation is 3. The quantitative estimate of drug-likeness (QED) is 0.623. The fraction of sp³-hybridized carbons (Fsp3) is 0.429. The molecule has 0 amide bonds. The Labute approximate surface area is 171 Å². The van der Waals surface area contributed by atoms with Crippen molar-refractivity contribution in [2.75, 3.05) is 26.0 Å². The van der Waals surface area contributed by atoms with Crippen molar-refractivity contribution in [2.24, 2.45) is 0 Å². The molecule has 2 rings (SSSR count). The summed E-state index contributed by atoms with van der Waals surface area (Å²) in [6.45, 7) is 8.50. The number of anilines is 1. The summed E-state index contributed by atoms with van der Waals surface area (Å²) < 4.78 is 11.1. The standard InChI is InChI=1S/C21H28ClN3O3/c1-7-16(11-23-5)25-17-10-14(4)24-20(18(17)21(26)27-6)28-19-12(2)8-15(22)9-13(19)3/h8-10,16,23H,7,11H2,1-6H3,(H,24,25). The molecular formula is C21H28ClN3O3. The maximum absolute atomic E-state index is 12.6. The summed E-state index contributed by atoms with van der Waals surface area (Å²) in [5.41, 5.74) is 3.37. The van der Waals surface area contributed by atoms with Gasteiger partial charge in [-0.25, -0.2) is 9.78 Å². The highest BCUT2D eigenvalue weighted by Gasteiger charge is 2.24.